The second kappa shape index (κ2) is 4.01. The molecule has 0 saturated heterocycles. The van der Waals surface area contributed by atoms with Crippen LogP contribution in [0, 0.1) is 11.6 Å². The van der Waals surface area contributed by atoms with Crippen LogP contribution in [0.25, 0.3) is 0 Å². The molecule has 0 aliphatic heterocycles. The molecule has 0 aliphatic rings. The molecule has 0 heterocycles. The van der Waals surface area contributed by atoms with Crippen molar-refractivity contribution in [2.75, 3.05) is 7.05 Å². The first-order valence-corrected chi connectivity index (χ1v) is 4.43. The van der Waals surface area contributed by atoms with Crippen molar-refractivity contribution in [2.45, 2.75) is 18.6 Å². The Balaban J connectivity index is 3.34. The standard InChI is InChI=1S/C10H10F5N/c1-9(16-2,10(13,14)15)7-4-3-6(11)5-8(7)12/h3-5,16H,1-2H3. The van der Waals surface area contributed by atoms with E-state index in [-0.39, 0.29) is 0 Å². The van der Waals surface area contributed by atoms with Gasteiger partial charge in [0.15, 0.2) is 0 Å². The van der Waals surface area contributed by atoms with Crippen LogP contribution in [0.15, 0.2) is 18.2 Å². The molecular weight excluding hydrogens is 229 g/mol. The lowest BCUT2D eigenvalue weighted by Crippen LogP contribution is -2.50. The van der Waals surface area contributed by atoms with Gasteiger partial charge in [0.25, 0.3) is 0 Å². The van der Waals surface area contributed by atoms with E-state index in [1.165, 1.54) is 0 Å². The topological polar surface area (TPSA) is 12.0 Å². The first-order valence-electron chi connectivity index (χ1n) is 4.43. The summed E-state index contributed by atoms with van der Waals surface area (Å²) in [6.07, 6.45) is -4.68. The molecule has 0 amide bonds. The SMILES string of the molecule is CNC(C)(c1ccc(F)cc1F)C(F)(F)F. The number of hydrogen-bond donors (Lipinski definition) is 1. The zero-order valence-electron chi connectivity index (χ0n) is 8.62. The van der Waals surface area contributed by atoms with Gasteiger partial charge in [-0.1, -0.05) is 6.07 Å². The maximum Gasteiger partial charge on any atom is 0.410 e. The van der Waals surface area contributed by atoms with Gasteiger partial charge in [-0.25, -0.2) is 8.78 Å². The van der Waals surface area contributed by atoms with Crippen LogP contribution in [-0.4, -0.2) is 13.2 Å². The van der Waals surface area contributed by atoms with Gasteiger partial charge in [-0.05, 0) is 20.0 Å². The molecule has 1 rings (SSSR count). The van der Waals surface area contributed by atoms with Crippen LogP contribution in [0.1, 0.15) is 12.5 Å². The lowest BCUT2D eigenvalue weighted by molar-refractivity contribution is -0.194. The summed E-state index contributed by atoms with van der Waals surface area (Å²) in [5.41, 5.74) is -3.17. The van der Waals surface area contributed by atoms with Gasteiger partial charge >= 0.3 is 6.18 Å². The van der Waals surface area contributed by atoms with Crippen molar-refractivity contribution in [1.29, 1.82) is 0 Å². The summed E-state index contributed by atoms with van der Waals surface area (Å²) in [6, 6.07) is 2.01. The number of benzene rings is 1. The fourth-order valence-corrected chi connectivity index (χ4v) is 1.32. The zero-order chi connectivity index (χ0) is 12.6. The fraction of sp³-hybridized carbons (Fsp3) is 0.400. The summed E-state index contributed by atoms with van der Waals surface area (Å²) in [6.45, 7) is 0.795. The number of halogens is 5. The van der Waals surface area contributed by atoms with Gasteiger partial charge in [0.05, 0.1) is 0 Å². The Morgan fingerprint density at radius 1 is 1.12 bits per heavy atom. The van der Waals surface area contributed by atoms with Crippen molar-refractivity contribution < 1.29 is 22.0 Å². The molecule has 16 heavy (non-hydrogen) atoms. The molecule has 0 spiro atoms. The van der Waals surface area contributed by atoms with E-state index in [1.807, 2.05) is 5.32 Å². The highest BCUT2D eigenvalue weighted by molar-refractivity contribution is 5.28. The third-order valence-electron chi connectivity index (χ3n) is 2.54. The Hall–Kier alpha value is -1.17. The summed E-state index contributed by atoms with van der Waals surface area (Å²) in [7, 11) is 1.07. The molecule has 6 heteroatoms. The van der Waals surface area contributed by atoms with Crippen LogP contribution in [-0.2, 0) is 5.54 Å². The summed E-state index contributed by atoms with van der Waals surface area (Å²) in [5.74, 6) is -2.14. The highest BCUT2D eigenvalue weighted by Crippen LogP contribution is 2.39. The predicted molar refractivity (Wildman–Crippen MR) is 48.8 cm³/mol. The summed E-state index contributed by atoms with van der Waals surface area (Å²) in [5, 5.41) is 2.01. The molecule has 0 bridgehead atoms. The van der Waals surface area contributed by atoms with E-state index in [1.54, 1.807) is 0 Å². The van der Waals surface area contributed by atoms with Crippen molar-refractivity contribution >= 4 is 0 Å². The number of rotatable bonds is 2. The van der Waals surface area contributed by atoms with Crippen LogP contribution < -0.4 is 5.32 Å². The summed E-state index contributed by atoms with van der Waals surface area (Å²) >= 11 is 0. The van der Waals surface area contributed by atoms with Gasteiger partial charge in [0, 0.05) is 11.6 Å². The molecule has 1 N–H and O–H groups in total. The van der Waals surface area contributed by atoms with Gasteiger partial charge < -0.3 is 5.32 Å². The number of hydrogen-bond acceptors (Lipinski definition) is 1. The van der Waals surface area contributed by atoms with Gasteiger partial charge in [-0.15, -0.1) is 0 Å². The maximum atomic E-state index is 13.3. The number of alkyl halides is 3. The normalized spacial score (nSPS) is 15.9. The van der Waals surface area contributed by atoms with Crippen LogP contribution in [0.5, 0.6) is 0 Å². The third-order valence-corrected chi connectivity index (χ3v) is 2.54. The molecule has 1 unspecified atom stereocenters. The lowest BCUT2D eigenvalue weighted by Gasteiger charge is -2.32. The van der Waals surface area contributed by atoms with E-state index in [2.05, 4.69) is 0 Å². The van der Waals surface area contributed by atoms with E-state index in [9.17, 15) is 22.0 Å². The van der Waals surface area contributed by atoms with Crippen molar-refractivity contribution in [1.82, 2.24) is 5.32 Å². The van der Waals surface area contributed by atoms with Gasteiger partial charge in [-0.2, -0.15) is 13.2 Å². The molecule has 0 aromatic heterocycles. The smallest absolute Gasteiger partial charge is 0.303 e. The quantitative estimate of drug-likeness (QED) is 0.782. The van der Waals surface area contributed by atoms with Crippen molar-refractivity contribution in [2.24, 2.45) is 0 Å². The monoisotopic (exact) mass is 239 g/mol. The Morgan fingerprint density at radius 2 is 1.69 bits per heavy atom. The van der Waals surface area contributed by atoms with Crippen molar-refractivity contribution in [3.05, 3.63) is 35.4 Å². The Kier molecular flexibility index (Phi) is 3.23. The first kappa shape index (κ1) is 12.9. The second-order valence-corrected chi connectivity index (χ2v) is 3.50. The molecule has 0 fully saturated rings. The van der Waals surface area contributed by atoms with Gasteiger partial charge in [-0.3, -0.25) is 0 Å². The molecule has 1 aromatic carbocycles. The molecule has 90 valence electrons. The number of nitrogens with one attached hydrogen (secondary N) is 1. The largest absolute Gasteiger partial charge is 0.410 e. The maximum absolute atomic E-state index is 13.3. The highest BCUT2D eigenvalue weighted by atomic mass is 19.4. The molecule has 0 saturated carbocycles. The van der Waals surface area contributed by atoms with Crippen molar-refractivity contribution in [3.63, 3.8) is 0 Å². The zero-order valence-corrected chi connectivity index (χ0v) is 8.62. The minimum absolute atomic E-state index is 0.427. The minimum Gasteiger partial charge on any atom is -0.303 e. The minimum atomic E-state index is -4.68. The van der Waals surface area contributed by atoms with E-state index < -0.39 is 28.9 Å². The van der Waals surface area contributed by atoms with Crippen molar-refractivity contribution in [3.8, 4) is 0 Å². The molecule has 1 aromatic rings. The van der Waals surface area contributed by atoms with Crippen LogP contribution in [0.3, 0.4) is 0 Å². The van der Waals surface area contributed by atoms with E-state index in [4.69, 9.17) is 0 Å². The Bertz CT molecular complexity index is 387. The Labute approximate surface area is 89.3 Å². The Morgan fingerprint density at radius 3 is 2.06 bits per heavy atom. The molecule has 1 nitrogen and oxygen atoms in total. The van der Waals surface area contributed by atoms with E-state index >= 15 is 0 Å². The summed E-state index contributed by atoms with van der Waals surface area (Å²) < 4.78 is 64.1. The van der Waals surface area contributed by atoms with Gasteiger partial charge in [0.1, 0.15) is 17.2 Å². The van der Waals surface area contributed by atoms with Crippen LogP contribution >= 0.6 is 0 Å². The molecule has 0 radical (unpaired) electrons. The molecule has 0 aliphatic carbocycles. The highest BCUT2D eigenvalue weighted by Gasteiger charge is 2.52. The third kappa shape index (κ3) is 2.02. The average Bonchev–Trinajstić information content (AvgIpc) is 2.15. The molecule has 1 atom stereocenters. The van der Waals surface area contributed by atoms with Crippen LogP contribution in [0.4, 0.5) is 22.0 Å². The lowest BCUT2D eigenvalue weighted by atomic mass is 9.91. The average molecular weight is 239 g/mol. The predicted octanol–water partition coefficient (Wildman–Crippen LogP) is 2.96. The van der Waals surface area contributed by atoms with Gasteiger partial charge in [0.2, 0.25) is 0 Å². The van der Waals surface area contributed by atoms with E-state index in [0.717, 1.165) is 26.1 Å². The summed E-state index contributed by atoms with van der Waals surface area (Å²) in [4.78, 5) is 0. The van der Waals surface area contributed by atoms with E-state index in [0.29, 0.717) is 6.07 Å². The van der Waals surface area contributed by atoms with Crippen LogP contribution in [0.2, 0.25) is 0 Å². The molecular formula is C10H10F5N. The first-order chi connectivity index (χ1) is 7.22. The fourth-order valence-electron chi connectivity index (χ4n) is 1.32. The second-order valence-electron chi connectivity index (χ2n) is 3.50.